The molecule has 5 heteroatoms. The van der Waals surface area contributed by atoms with Gasteiger partial charge in [-0.1, -0.05) is 24.3 Å². The molecule has 3 N–H and O–H groups in total. The van der Waals surface area contributed by atoms with Gasteiger partial charge in [-0.15, -0.1) is 6.58 Å². The first-order valence-electron chi connectivity index (χ1n) is 7.33. The fourth-order valence-corrected chi connectivity index (χ4v) is 2.37. The number of aromatic amines is 1. The first kappa shape index (κ1) is 14.1. The number of rotatable bonds is 7. The predicted octanol–water partition coefficient (Wildman–Crippen LogP) is 3.21. The maximum atomic E-state index is 4.40. The van der Waals surface area contributed by atoms with Crippen molar-refractivity contribution in [2.24, 2.45) is 0 Å². The third kappa shape index (κ3) is 3.25. The van der Waals surface area contributed by atoms with Crippen molar-refractivity contribution in [3.8, 4) is 0 Å². The van der Waals surface area contributed by atoms with Crippen LogP contribution in [0.5, 0.6) is 0 Å². The molecule has 0 aliphatic heterocycles. The number of nitrogens with one attached hydrogen (secondary N) is 3. The van der Waals surface area contributed by atoms with E-state index in [1.807, 2.05) is 12.1 Å². The summed E-state index contributed by atoms with van der Waals surface area (Å²) in [4.78, 5) is 11.9. The molecule has 0 spiro atoms. The molecule has 2 aromatic heterocycles. The summed E-state index contributed by atoms with van der Waals surface area (Å²) in [5.74, 6) is 1.43. The minimum atomic E-state index is 0.633. The second-order valence-electron chi connectivity index (χ2n) is 4.97. The molecule has 0 bridgehead atoms. The molecule has 0 radical (unpaired) electrons. The van der Waals surface area contributed by atoms with Gasteiger partial charge >= 0.3 is 0 Å². The van der Waals surface area contributed by atoms with E-state index in [1.165, 1.54) is 16.5 Å². The fraction of sp³-hybridized carbons (Fsp3) is 0.176. The second kappa shape index (κ2) is 6.76. The molecule has 22 heavy (non-hydrogen) atoms. The molecule has 3 rings (SSSR count). The summed E-state index contributed by atoms with van der Waals surface area (Å²) in [6, 6.07) is 10.2. The average molecular weight is 293 g/mol. The highest BCUT2D eigenvalue weighted by molar-refractivity contribution is 5.83. The van der Waals surface area contributed by atoms with E-state index < -0.39 is 0 Å². The van der Waals surface area contributed by atoms with Gasteiger partial charge in [-0.2, -0.15) is 4.98 Å². The number of nitrogens with zero attached hydrogens (tertiary/aromatic N) is 2. The summed E-state index contributed by atoms with van der Waals surface area (Å²) >= 11 is 0. The lowest BCUT2D eigenvalue weighted by Gasteiger charge is -2.07. The Morgan fingerprint density at radius 3 is 3.00 bits per heavy atom. The molecule has 5 nitrogen and oxygen atoms in total. The van der Waals surface area contributed by atoms with Crippen LogP contribution in [0.4, 0.5) is 11.8 Å². The first-order valence-corrected chi connectivity index (χ1v) is 7.33. The molecule has 0 fully saturated rings. The van der Waals surface area contributed by atoms with E-state index in [0.717, 1.165) is 18.8 Å². The van der Waals surface area contributed by atoms with Gasteiger partial charge in [0.15, 0.2) is 0 Å². The molecule has 0 atom stereocenters. The molecular weight excluding hydrogens is 274 g/mol. The van der Waals surface area contributed by atoms with E-state index in [1.54, 1.807) is 12.3 Å². The summed E-state index contributed by atoms with van der Waals surface area (Å²) in [5, 5.41) is 7.68. The Balaban J connectivity index is 1.60. The molecule has 112 valence electrons. The minimum absolute atomic E-state index is 0.633. The van der Waals surface area contributed by atoms with Gasteiger partial charge in [-0.3, -0.25) is 0 Å². The van der Waals surface area contributed by atoms with Crippen molar-refractivity contribution in [3.05, 3.63) is 60.9 Å². The number of anilines is 2. The molecule has 0 amide bonds. The lowest BCUT2D eigenvalue weighted by Crippen LogP contribution is -2.09. The highest BCUT2D eigenvalue weighted by Crippen LogP contribution is 2.18. The van der Waals surface area contributed by atoms with Crippen LogP contribution in [-0.2, 0) is 6.42 Å². The van der Waals surface area contributed by atoms with E-state index in [-0.39, 0.29) is 0 Å². The SMILES string of the molecule is C=CCNc1ccnc(NCCc2c[nH]c3ccccc23)n1. The molecular formula is C17H19N5. The van der Waals surface area contributed by atoms with Crippen LogP contribution in [0.1, 0.15) is 5.56 Å². The maximum absolute atomic E-state index is 4.40. The predicted molar refractivity (Wildman–Crippen MR) is 91.2 cm³/mol. The Kier molecular flexibility index (Phi) is 4.34. The summed E-state index contributed by atoms with van der Waals surface area (Å²) in [7, 11) is 0. The van der Waals surface area contributed by atoms with Crippen LogP contribution in [0, 0.1) is 0 Å². The molecule has 0 aliphatic carbocycles. The fourth-order valence-electron chi connectivity index (χ4n) is 2.37. The Labute approximate surface area is 129 Å². The van der Waals surface area contributed by atoms with Gasteiger partial charge in [0.05, 0.1) is 0 Å². The Hall–Kier alpha value is -2.82. The smallest absolute Gasteiger partial charge is 0.224 e. The quantitative estimate of drug-likeness (QED) is 0.585. The van der Waals surface area contributed by atoms with Gasteiger partial charge in [0.1, 0.15) is 5.82 Å². The van der Waals surface area contributed by atoms with Crippen molar-refractivity contribution in [3.63, 3.8) is 0 Å². The summed E-state index contributed by atoms with van der Waals surface area (Å²) in [6.07, 6.45) is 6.52. The van der Waals surface area contributed by atoms with Crippen LogP contribution >= 0.6 is 0 Å². The van der Waals surface area contributed by atoms with Crippen LogP contribution < -0.4 is 10.6 Å². The summed E-state index contributed by atoms with van der Waals surface area (Å²) < 4.78 is 0. The number of para-hydroxylation sites is 1. The molecule has 0 saturated carbocycles. The maximum Gasteiger partial charge on any atom is 0.224 e. The van der Waals surface area contributed by atoms with Crippen LogP contribution in [-0.4, -0.2) is 28.0 Å². The van der Waals surface area contributed by atoms with Crippen molar-refractivity contribution in [1.82, 2.24) is 15.0 Å². The highest BCUT2D eigenvalue weighted by Gasteiger charge is 2.03. The van der Waals surface area contributed by atoms with E-state index in [0.29, 0.717) is 12.5 Å². The lowest BCUT2D eigenvalue weighted by molar-refractivity contribution is 0.989. The second-order valence-corrected chi connectivity index (χ2v) is 4.97. The normalized spacial score (nSPS) is 10.5. The standard InChI is InChI=1S/C17H19N5/c1-2-9-18-16-8-11-20-17(22-16)19-10-7-13-12-21-15-6-4-3-5-14(13)15/h2-6,8,11-12,21H,1,7,9-10H2,(H2,18,19,20,22). The van der Waals surface area contributed by atoms with Crippen LogP contribution in [0.2, 0.25) is 0 Å². The molecule has 1 aromatic carbocycles. The molecule has 3 aromatic rings. The number of hydrogen-bond acceptors (Lipinski definition) is 4. The Morgan fingerprint density at radius 1 is 1.18 bits per heavy atom. The largest absolute Gasteiger partial charge is 0.366 e. The highest BCUT2D eigenvalue weighted by atomic mass is 15.1. The number of H-pyrrole nitrogens is 1. The summed E-state index contributed by atoms with van der Waals surface area (Å²) in [6.45, 7) is 5.15. The lowest BCUT2D eigenvalue weighted by atomic mass is 10.1. The monoisotopic (exact) mass is 293 g/mol. The van der Waals surface area contributed by atoms with Crippen LogP contribution in [0.15, 0.2) is 55.4 Å². The number of hydrogen-bond donors (Lipinski definition) is 3. The third-order valence-electron chi connectivity index (χ3n) is 3.44. The zero-order valence-corrected chi connectivity index (χ0v) is 12.3. The zero-order chi connectivity index (χ0) is 15.2. The van der Waals surface area contributed by atoms with Crippen LogP contribution in [0.25, 0.3) is 10.9 Å². The van der Waals surface area contributed by atoms with Gasteiger partial charge < -0.3 is 15.6 Å². The van der Waals surface area contributed by atoms with Gasteiger partial charge in [-0.05, 0) is 24.1 Å². The van der Waals surface area contributed by atoms with Gasteiger partial charge in [0.25, 0.3) is 0 Å². The van der Waals surface area contributed by atoms with E-state index >= 15 is 0 Å². The molecule has 0 saturated heterocycles. The number of fused-ring (bicyclic) bond motifs is 1. The first-order chi connectivity index (χ1) is 10.9. The van der Waals surface area contributed by atoms with Crippen LogP contribution in [0.3, 0.4) is 0 Å². The van der Waals surface area contributed by atoms with Crippen molar-refractivity contribution < 1.29 is 0 Å². The Morgan fingerprint density at radius 2 is 2.09 bits per heavy atom. The molecule has 2 heterocycles. The minimum Gasteiger partial charge on any atom is -0.366 e. The van der Waals surface area contributed by atoms with Gasteiger partial charge in [0.2, 0.25) is 5.95 Å². The number of aromatic nitrogens is 3. The van der Waals surface area contributed by atoms with E-state index in [2.05, 4.69) is 56.6 Å². The van der Waals surface area contributed by atoms with Crippen molar-refractivity contribution in [2.75, 3.05) is 23.7 Å². The zero-order valence-electron chi connectivity index (χ0n) is 12.3. The average Bonchev–Trinajstić information content (AvgIpc) is 2.97. The molecule has 0 unspecified atom stereocenters. The van der Waals surface area contributed by atoms with E-state index in [4.69, 9.17) is 0 Å². The van der Waals surface area contributed by atoms with Crippen molar-refractivity contribution >= 4 is 22.7 Å². The number of benzene rings is 1. The summed E-state index contributed by atoms with van der Waals surface area (Å²) in [5.41, 5.74) is 2.47. The third-order valence-corrected chi connectivity index (χ3v) is 3.44. The van der Waals surface area contributed by atoms with Gasteiger partial charge in [-0.25, -0.2) is 4.98 Å². The van der Waals surface area contributed by atoms with E-state index in [9.17, 15) is 0 Å². The van der Waals surface area contributed by atoms with Crippen molar-refractivity contribution in [1.29, 1.82) is 0 Å². The topological polar surface area (TPSA) is 65.6 Å². The molecule has 0 aliphatic rings. The Bertz CT molecular complexity index is 762. The van der Waals surface area contributed by atoms with Crippen molar-refractivity contribution in [2.45, 2.75) is 6.42 Å². The van der Waals surface area contributed by atoms with Gasteiger partial charge in [0, 0.05) is 36.4 Å².